The SMILES string of the molecule is O=CCOc1ccc2cc(Br)ccc2c1. The molecule has 0 unspecified atom stereocenters. The molecule has 2 aromatic rings. The Morgan fingerprint density at radius 1 is 1.13 bits per heavy atom. The predicted molar refractivity (Wildman–Crippen MR) is 63.2 cm³/mol. The normalized spacial score (nSPS) is 10.2. The van der Waals surface area contributed by atoms with E-state index in [2.05, 4.69) is 15.9 Å². The van der Waals surface area contributed by atoms with Crippen molar-refractivity contribution in [3.8, 4) is 5.75 Å². The summed E-state index contributed by atoms with van der Waals surface area (Å²) in [5, 5.41) is 2.24. The molecule has 0 spiro atoms. The molecular formula is C12H9BrO2. The number of ether oxygens (including phenoxy) is 1. The molecular weight excluding hydrogens is 256 g/mol. The lowest BCUT2D eigenvalue weighted by molar-refractivity contribution is -0.109. The lowest BCUT2D eigenvalue weighted by Gasteiger charge is -2.04. The first kappa shape index (κ1) is 10.2. The van der Waals surface area contributed by atoms with Crippen LogP contribution in [0.2, 0.25) is 0 Å². The van der Waals surface area contributed by atoms with Gasteiger partial charge in [0, 0.05) is 4.47 Å². The van der Waals surface area contributed by atoms with E-state index < -0.39 is 0 Å². The van der Waals surface area contributed by atoms with Crippen molar-refractivity contribution in [3.05, 3.63) is 40.9 Å². The van der Waals surface area contributed by atoms with Crippen molar-refractivity contribution < 1.29 is 9.53 Å². The van der Waals surface area contributed by atoms with Crippen molar-refractivity contribution in [2.45, 2.75) is 0 Å². The number of hydrogen-bond donors (Lipinski definition) is 0. The van der Waals surface area contributed by atoms with Crippen LogP contribution in [0, 0.1) is 0 Å². The van der Waals surface area contributed by atoms with E-state index >= 15 is 0 Å². The van der Waals surface area contributed by atoms with Gasteiger partial charge in [-0.15, -0.1) is 0 Å². The first-order valence-corrected chi connectivity index (χ1v) is 5.34. The van der Waals surface area contributed by atoms with Crippen LogP contribution < -0.4 is 4.74 Å². The van der Waals surface area contributed by atoms with Gasteiger partial charge in [0.1, 0.15) is 12.4 Å². The van der Waals surface area contributed by atoms with E-state index in [1.165, 1.54) is 0 Å². The molecule has 0 saturated carbocycles. The van der Waals surface area contributed by atoms with Crippen molar-refractivity contribution >= 4 is 33.0 Å². The summed E-state index contributed by atoms with van der Waals surface area (Å²) in [4.78, 5) is 10.2. The van der Waals surface area contributed by atoms with Crippen LogP contribution in [-0.2, 0) is 4.79 Å². The first-order chi connectivity index (χ1) is 7.29. The van der Waals surface area contributed by atoms with Gasteiger partial charge in [-0.2, -0.15) is 0 Å². The molecule has 0 fully saturated rings. The molecule has 0 radical (unpaired) electrons. The van der Waals surface area contributed by atoms with Gasteiger partial charge in [0.15, 0.2) is 6.29 Å². The van der Waals surface area contributed by atoms with Crippen LogP contribution in [0.15, 0.2) is 40.9 Å². The zero-order valence-corrected chi connectivity index (χ0v) is 9.53. The van der Waals surface area contributed by atoms with Crippen molar-refractivity contribution in [2.24, 2.45) is 0 Å². The third-order valence-corrected chi connectivity index (χ3v) is 2.59. The predicted octanol–water partition coefficient (Wildman–Crippen LogP) is 3.18. The Kier molecular flexibility index (Phi) is 3.02. The molecule has 0 aromatic heterocycles. The highest BCUT2D eigenvalue weighted by atomic mass is 79.9. The minimum Gasteiger partial charge on any atom is -0.486 e. The molecule has 0 heterocycles. The number of fused-ring (bicyclic) bond motifs is 1. The average molecular weight is 265 g/mol. The molecule has 2 rings (SSSR count). The van der Waals surface area contributed by atoms with Crippen molar-refractivity contribution in [1.82, 2.24) is 0 Å². The van der Waals surface area contributed by atoms with Gasteiger partial charge in [0.2, 0.25) is 0 Å². The highest BCUT2D eigenvalue weighted by molar-refractivity contribution is 9.10. The van der Waals surface area contributed by atoms with Crippen LogP contribution >= 0.6 is 15.9 Å². The molecule has 2 nitrogen and oxygen atoms in total. The lowest BCUT2D eigenvalue weighted by Crippen LogP contribution is -1.97. The van der Waals surface area contributed by atoms with Crippen LogP contribution in [0.3, 0.4) is 0 Å². The van der Waals surface area contributed by atoms with E-state index in [4.69, 9.17) is 4.74 Å². The second-order valence-electron chi connectivity index (χ2n) is 3.13. The molecule has 15 heavy (non-hydrogen) atoms. The minimum atomic E-state index is 0.0992. The van der Waals surface area contributed by atoms with Crippen LogP contribution in [0.5, 0.6) is 5.75 Å². The summed E-state index contributed by atoms with van der Waals surface area (Å²) in [5.41, 5.74) is 0. The van der Waals surface area contributed by atoms with Gasteiger partial charge in [0.25, 0.3) is 0 Å². The Bertz CT molecular complexity index is 494. The number of carbonyl (C=O) groups excluding carboxylic acids is 1. The second-order valence-corrected chi connectivity index (χ2v) is 4.05. The lowest BCUT2D eigenvalue weighted by atomic mass is 10.1. The molecule has 76 valence electrons. The maximum Gasteiger partial charge on any atom is 0.157 e. The Hall–Kier alpha value is -1.35. The number of aldehydes is 1. The monoisotopic (exact) mass is 264 g/mol. The number of halogens is 1. The summed E-state index contributed by atoms with van der Waals surface area (Å²) in [6, 6.07) is 11.8. The van der Waals surface area contributed by atoms with Gasteiger partial charge in [-0.05, 0) is 35.0 Å². The Balaban J connectivity index is 2.38. The quantitative estimate of drug-likeness (QED) is 0.797. The topological polar surface area (TPSA) is 26.3 Å². The molecule has 2 aromatic carbocycles. The summed E-state index contributed by atoms with van der Waals surface area (Å²) < 4.78 is 6.27. The number of carbonyl (C=O) groups is 1. The molecule has 0 atom stereocenters. The van der Waals surface area contributed by atoms with Crippen LogP contribution in [0.1, 0.15) is 0 Å². The average Bonchev–Trinajstić information content (AvgIpc) is 2.26. The number of hydrogen-bond acceptors (Lipinski definition) is 2. The van der Waals surface area contributed by atoms with Gasteiger partial charge in [0.05, 0.1) is 0 Å². The Labute approximate surface area is 96.0 Å². The minimum absolute atomic E-state index is 0.0992. The number of rotatable bonds is 3. The molecule has 0 saturated heterocycles. The van der Waals surface area contributed by atoms with Gasteiger partial charge in [-0.3, -0.25) is 4.79 Å². The molecule has 0 aliphatic carbocycles. The van der Waals surface area contributed by atoms with Gasteiger partial charge >= 0.3 is 0 Å². The highest BCUT2D eigenvalue weighted by Crippen LogP contribution is 2.23. The summed E-state index contributed by atoms with van der Waals surface area (Å²) in [7, 11) is 0. The fourth-order valence-corrected chi connectivity index (χ4v) is 1.79. The fraction of sp³-hybridized carbons (Fsp3) is 0.0833. The van der Waals surface area contributed by atoms with E-state index in [-0.39, 0.29) is 6.61 Å². The van der Waals surface area contributed by atoms with Gasteiger partial charge < -0.3 is 4.74 Å². The summed E-state index contributed by atoms with van der Waals surface area (Å²) >= 11 is 3.42. The number of benzene rings is 2. The van der Waals surface area contributed by atoms with Crippen LogP contribution in [0.25, 0.3) is 10.8 Å². The standard InChI is InChI=1S/C12H9BrO2/c13-11-3-1-10-8-12(15-6-5-14)4-2-9(10)7-11/h1-5,7-8H,6H2. The van der Waals surface area contributed by atoms with Crippen molar-refractivity contribution in [2.75, 3.05) is 6.61 Å². The maximum absolute atomic E-state index is 10.2. The smallest absolute Gasteiger partial charge is 0.157 e. The van der Waals surface area contributed by atoms with E-state index in [9.17, 15) is 4.79 Å². The molecule has 0 aliphatic heterocycles. The largest absolute Gasteiger partial charge is 0.486 e. The Morgan fingerprint density at radius 2 is 1.87 bits per heavy atom. The van der Waals surface area contributed by atoms with Crippen LogP contribution in [-0.4, -0.2) is 12.9 Å². The van der Waals surface area contributed by atoms with Gasteiger partial charge in [-0.25, -0.2) is 0 Å². The van der Waals surface area contributed by atoms with Crippen molar-refractivity contribution in [1.29, 1.82) is 0 Å². The Morgan fingerprint density at radius 3 is 2.67 bits per heavy atom. The molecule has 3 heteroatoms. The fourth-order valence-electron chi connectivity index (χ4n) is 1.41. The van der Waals surface area contributed by atoms with Crippen molar-refractivity contribution in [3.63, 3.8) is 0 Å². The van der Waals surface area contributed by atoms with E-state index in [1.807, 2.05) is 36.4 Å². The third-order valence-electron chi connectivity index (χ3n) is 2.09. The van der Waals surface area contributed by atoms with Crippen LogP contribution in [0.4, 0.5) is 0 Å². The van der Waals surface area contributed by atoms with Gasteiger partial charge in [-0.1, -0.05) is 28.1 Å². The summed E-state index contributed by atoms with van der Waals surface area (Å²) in [6.45, 7) is 0.0992. The third kappa shape index (κ3) is 2.36. The first-order valence-electron chi connectivity index (χ1n) is 4.55. The molecule has 0 N–H and O–H groups in total. The second kappa shape index (κ2) is 4.45. The molecule has 0 aliphatic rings. The van der Waals surface area contributed by atoms with E-state index in [0.29, 0.717) is 0 Å². The molecule has 0 amide bonds. The summed E-state index contributed by atoms with van der Waals surface area (Å²) in [5.74, 6) is 0.719. The summed E-state index contributed by atoms with van der Waals surface area (Å²) in [6.07, 6.45) is 0.742. The zero-order chi connectivity index (χ0) is 10.7. The van der Waals surface area contributed by atoms with E-state index in [0.717, 1.165) is 27.3 Å². The van der Waals surface area contributed by atoms with E-state index in [1.54, 1.807) is 0 Å². The maximum atomic E-state index is 10.2. The molecule has 0 bridgehead atoms. The highest BCUT2D eigenvalue weighted by Gasteiger charge is 1.97. The zero-order valence-electron chi connectivity index (χ0n) is 7.94.